The number of carbonyl (C=O) groups excluding carboxylic acids is 2. The topological polar surface area (TPSA) is 87.7 Å². The van der Waals surface area contributed by atoms with Crippen molar-refractivity contribution in [2.75, 3.05) is 19.8 Å². The van der Waals surface area contributed by atoms with Crippen molar-refractivity contribution >= 4 is 17.9 Å². The van der Waals surface area contributed by atoms with Gasteiger partial charge in [-0.3, -0.25) is 9.59 Å². The molecule has 0 aliphatic carbocycles. The molecule has 31 heavy (non-hydrogen) atoms. The second kappa shape index (κ2) is 11.9. The Morgan fingerprint density at radius 2 is 1.65 bits per heavy atom. The maximum absolute atomic E-state index is 12.7. The molecule has 0 spiro atoms. The first kappa shape index (κ1) is 24.2. The zero-order valence-electron chi connectivity index (χ0n) is 18.6. The van der Waals surface area contributed by atoms with E-state index < -0.39 is 11.8 Å². The number of rotatable bonds is 10. The zero-order valence-corrected chi connectivity index (χ0v) is 18.6. The van der Waals surface area contributed by atoms with E-state index in [0.29, 0.717) is 29.8 Å². The molecule has 0 aliphatic heterocycles. The summed E-state index contributed by atoms with van der Waals surface area (Å²) in [5.74, 6) is 0.624. The van der Waals surface area contributed by atoms with Gasteiger partial charge in [0.05, 0.1) is 13.2 Å². The van der Waals surface area contributed by atoms with Crippen LogP contribution in [0, 0.1) is 5.92 Å². The fourth-order valence-corrected chi connectivity index (χ4v) is 2.73. The first-order chi connectivity index (χ1) is 14.8. The number of hydrogen-bond donors (Lipinski definition) is 3. The number of nitrogens with one attached hydrogen (secondary N) is 2. The summed E-state index contributed by atoms with van der Waals surface area (Å²) >= 11 is 0. The van der Waals surface area contributed by atoms with Crippen LogP contribution in [0.5, 0.6) is 5.75 Å². The number of benzene rings is 2. The Bertz CT molecular complexity index is 885. The van der Waals surface area contributed by atoms with Crippen LogP contribution in [-0.4, -0.2) is 36.7 Å². The summed E-state index contributed by atoms with van der Waals surface area (Å²) in [6.45, 7) is 8.85. The number of aliphatic hydroxyl groups is 1. The Kier molecular flexibility index (Phi) is 9.28. The summed E-state index contributed by atoms with van der Waals surface area (Å²) in [6.07, 6.45) is 1.62. The smallest absolute Gasteiger partial charge is 0.267 e. The van der Waals surface area contributed by atoms with Crippen molar-refractivity contribution < 1.29 is 19.4 Å². The molecule has 2 aromatic carbocycles. The third kappa shape index (κ3) is 7.90. The summed E-state index contributed by atoms with van der Waals surface area (Å²) < 4.78 is 5.64. The SMILES string of the molecule is CC(C)COc1ccc(C(=O)N/C(=C\c2ccc(C(C)C)cc2)C(=O)NCCO)cc1. The number of hydrogen-bond acceptors (Lipinski definition) is 4. The van der Waals surface area contributed by atoms with Gasteiger partial charge in [0.25, 0.3) is 11.8 Å². The molecule has 0 aliphatic rings. The molecule has 0 radical (unpaired) electrons. The van der Waals surface area contributed by atoms with Crippen LogP contribution < -0.4 is 15.4 Å². The summed E-state index contributed by atoms with van der Waals surface area (Å²) in [7, 11) is 0. The monoisotopic (exact) mass is 424 g/mol. The molecule has 0 saturated heterocycles. The van der Waals surface area contributed by atoms with Crippen LogP contribution in [0.2, 0.25) is 0 Å². The van der Waals surface area contributed by atoms with E-state index >= 15 is 0 Å². The Morgan fingerprint density at radius 3 is 2.19 bits per heavy atom. The molecule has 2 amide bonds. The summed E-state index contributed by atoms with van der Waals surface area (Å²) in [4.78, 5) is 25.2. The lowest BCUT2D eigenvalue weighted by Crippen LogP contribution is -2.36. The van der Waals surface area contributed by atoms with Crippen molar-refractivity contribution in [2.24, 2.45) is 5.92 Å². The quantitative estimate of drug-likeness (QED) is 0.507. The van der Waals surface area contributed by atoms with E-state index in [1.807, 2.05) is 24.3 Å². The molecule has 2 rings (SSSR count). The minimum Gasteiger partial charge on any atom is -0.493 e. The van der Waals surface area contributed by atoms with Crippen LogP contribution in [0.4, 0.5) is 0 Å². The minimum atomic E-state index is -0.466. The molecule has 0 heterocycles. The van der Waals surface area contributed by atoms with Gasteiger partial charge < -0.3 is 20.5 Å². The van der Waals surface area contributed by atoms with Crippen LogP contribution in [0.25, 0.3) is 6.08 Å². The largest absolute Gasteiger partial charge is 0.493 e. The minimum absolute atomic E-state index is 0.0974. The average molecular weight is 425 g/mol. The zero-order chi connectivity index (χ0) is 22.8. The van der Waals surface area contributed by atoms with E-state index in [4.69, 9.17) is 9.84 Å². The van der Waals surface area contributed by atoms with Gasteiger partial charge in [-0.2, -0.15) is 0 Å². The highest BCUT2D eigenvalue weighted by Gasteiger charge is 2.15. The summed E-state index contributed by atoms with van der Waals surface area (Å²) in [5.41, 5.74) is 2.49. The predicted octanol–water partition coefficient (Wildman–Crippen LogP) is 3.72. The Labute approximate surface area is 184 Å². The Morgan fingerprint density at radius 1 is 1.00 bits per heavy atom. The van der Waals surface area contributed by atoms with Crippen LogP contribution in [0.3, 0.4) is 0 Å². The van der Waals surface area contributed by atoms with Gasteiger partial charge in [0, 0.05) is 12.1 Å². The van der Waals surface area contributed by atoms with Gasteiger partial charge in [-0.25, -0.2) is 0 Å². The molecule has 166 valence electrons. The first-order valence-corrected chi connectivity index (χ1v) is 10.5. The predicted molar refractivity (Wildman–Crippen MR) is 123 cm³/mol. The second-order valence-corrected chi connectivity index (χ2v) is 8.04. The van der Waals surface area contributed by atoms with Crippen LogP contribution in [0.15, 0.2) is 54.2 Å². The molecule has 0 fully saturated rings. The van der Waals surface area contributed by atoms with Crippen molar-refractivity contribution in [2.45, 2.75) is 33.6 Å². The molecule has 2 aromatic rings. The van der Waals surface area contributed by atoms with Gasteiger partial charge in [0.15, 0.2) is 0 Å². The maximum Gasteiger partial charge on any atom is 0.267 e. The third-order valence-electron chi connectivity index (χ3n) is 4.50. The maximum atomic E-state index is 12.7. The lowest BCUT2D eigenvalue weighted by atomic mass is 10.0. The first-order valence-electron chi connectivity index (χ1n) is 10.5. The van der Waals surface area contributed by atoms with E-state index in [1.165, 1.54) is 5.56 Å². The number of carbonyl (C=O) groups is 2. The summed E-state index contributed by atoms with van der Waals surface area (Å²) in [5, 5.41) is 14.3. The van der Waals surface area contributed by atoms with Crippen LogP contribution >= 0.6 is 0 Å². The lowest BCUT2D eigenvalue weighted by molar-refractivity contribution is -0.117. The van der Waals surface area contributed by atoms with Crippen molar-refractivity contribution in [3.05, 3.63) is 70.9 Å². The Hall–Kier alpha value is -3.12. The van der Waals surface area contributed by atoms with Gasteiger partial charge >= 0.3 is 0 Å². The van der Waals surface area contributed by atoms with E-state index in [1.54, 1.807) is 30.3 Å². The molecule has 0 bridgehead atoms. The molecule has 0 aromatic heterocycles. The van der Waals surface area contributed by atoms with Crippen LogP contribution in [0.1, 0.15) is 55.1 Å². The lowest BCUT2D eigenvalue weighted by Gasteiger charge is -2.12. The van der Waals surface area contributed by atoms with Gasteiger partial charge in [-0.15, -0.1) is 0 Å². The molecule has 3 N–H and O–H groups in total. The highest BCUT2D eigenvalue weighted by molar-refractivity contribution is 6.05. The van der Waals surface area contributed by atoms with E-state index in [2.05, 4.69) is 38.3 Å². The van der Waals surface area contributed by atoms with Gasteiger partial charge in [-0.05, 0) is 53.3 Å². The van der Waals surface area contributed by atoms with E-state index in [9.17, 15) is 9.59 Å². The molecule has 6 heteroatoms. The van der Waals surface area contributed by atoms with Crippen LogP contribution in [-0.2, 0) is 4.79 Å². The molecule has 6 nitrogen and oxygen atoms in total. The standard InChI is InChI=1S/C25H32N2O4/c1-17(2)16-31-22-11-9-21(10-12-22)24(29)27-23(25(30)26-13-14-28)15-19-5-7-20(8-6-19)18(3)4/h5-12,15,17-18,28H,13-14,16H2,1-4H3,(H,26,30)(H,27,29)/b23-15-. The number of aliphatic hydroxyl groups excluding tert-OH is 1. The molecular weight excluding hydrogens is 392 g/mol. The van der Waals surface area contributed by atoms with Crippen molar-refractivity contribution in [3.8, 4) is 5.75 Å². The number of amides is 2. The van der Waals surface area contributed by atoms with E-state index in [0.717, 1.165) is 5.56 Å². The number of ether oxygens (including phenoxy) is 1. The normalized spacial score (nSPS) is 11.5. The highest BCUT2D eigenvalue weighted by atomic mass is 16.5. The van der Waals surface area contributed by atoms with Gasteiger partial charge in [0.1, 0.15) is 11.4 Å². The Balaban J connectivity index is 2.18. The second-order valence-electron chi connectivity index (χ2n) is 8.04. The van der Waals surface area contributed by atoms with E-state index in [-0.39, 0.29) is 18.8 Å². The van der Waals surface area contributed by atoms with Crippen molar-refractivity contribution in [1.29, 1.82) is 0 Å². The third-order valence-corrected chi connectivity index (χ3v) is 4.50. The molecular formula is C25H32N2O4. The summed E-state index contributed by atoms with van der Waals surface area (Å²) in [6, 6.07) is 14.6. The van der Waals surface area contributed by atoms with Crippen molar-refractivity contribution in [3.63, 3.8) is 0 Å². The molecule has 0 unspecified atom stereocenters. The molecule has 0 saturated carbocycles. The average Bonchev–Trinajstić information content (AvgIpc) is 2.76. The highest BCUT2D eigenvalue weighted by Crippen LogP contribution is 2.17. The van der Waals surface area contributed by atoms with Gasteiger partial charge in [-0.1, -0.05) is 52.0 Å². The van der Waals surface area contributed by atoms with Gasteiger partial charge in [0.2, 0.25) is 0 Å². The fraction of sp³-hybridized carbons (Fsp3) is 0.360. The van der Waals surface area contributed by atoms with Crippen molar-refractivity contribution in [1.82, 2.24) is 10.6 Å². The fourth-order valence-electron chi connectivity index (χ4n) is 2.73. The molecule has 0 atom stereocenters.